The first-order chi connectivity index (χ1) is 39.0. The van der Waals surface area contributed by atoms with E-state index in [9.17, 15) is 14.4 Å². The Bertz CT molecular complexity index is 1410. The van der Waals surface area contributed by atoms with Crippen molar-refractivity contribution in [3.05, 3.63) is 60.8 Å². The van der Waals surface area contributed by atoms with Crippen LogP contribution in [0.3, 0.4) is 0 Å². The molecular weight excluding hydrogens is 973 g/mol. The molecule has 6 nitrogen and oxygen atoms in total. The van der Waals surface area contributed by atoms with E-state index in [0.717, 1.165) is 103 Å². The van der Waals surface area contributed by atoms with Crippen LogP contribution < -0.4 is 0 Å². The van der Waals surface area contributed by atoms with Gasteiger partial charge in [-0.3, -0.25) is 14.4 Å². The van der Waals surface area contributed by atoms with E-state index < -0.39 is 6.10 Å². The summed E-state index contributed by atoms with van der Waals surface area (Å²) < 4.78 is 17.0. The average Bonchev–Trinajstić information content (AvgIpc) is 3.45. The fraction of sp³-hybridized carbons (Fsp3) is 0.822. The van der Waals surface area contributed by atoms with Gasteiger partial charge in [0.05, 0.1) is 0 Å². The fourth-order valence-electron chi connectivity index (χ4n) is 10.3. The highest BCUT2D eigenvalue weighted by Crippen LogP contribution is 2.18. The molecule has 0 saturated carbocycles. The van der Waals surface area contributed by atoms with Crippen LogP contribution in [0.5, 0.6) is 0 Å². The number of ether oxygens (including phenoxy) is 3. The summed E-state index contributed by atoms with van der Waals surface area (Å²) in [6.45, 7) is 6.54. The first-order valence-electron chi connectivity index (χ1n) is 34.8. The van der Waals surface area contributed by atoms with Gasteiger partial charge in [0, 0.05) is 19.3 Å². The van der Waals surface area contributed by atoms with Gasteiger partial charge in [-0.15, -0.1) is 0 Å². The summed E-state index contributed by atoms with van der Waals surface area (Å²) in [5, 5.41) is 0. The third-order valence-electron chi connectivity index (χ3n) is 15.5. The second-order valence-corrected chi connectivity index (χ2v) is 23.4. The van der Waals surface area contributed by atoms with Crippen molar-refractivity contribution in [2.75, 3.05) is 13.2 Å². The number of carbonyl (C=O) groups excluding carboxylic acids is 3. The van der Waals surface area contributed by atoms with Crippen molar-refractivity contribution in [2.24, 2.45) is 0 Å². The van der Waals surface area contributed by atoms with E-state index in [1.807, 2.05) is 0 Å². The zero-order valence-electron chi connectivity index (χ0n) is 52.9. The molecule has 0 aromatic rings. The first kappa shape index (κ1) is 76.1. The number of carbonyl (C=O) groups is 3. The van der Waals surface area contributed by atoms with E-state index in [2.05, 4.69) is 81.5 Å². The quantitative estimate of drug-likeness (QED) is 0.0261. The summed E-state index contributed by atoms with van der Waals surface area (Å²) in [6.07, 6.45) is 86.8. The Kier molecular flexibility index (Phi) is 65.1. The minimum atomic E-state index is -0.786. The van der Waals surface area contributed by atoms with Gasteiger partial charge in [0.1, 0.15) is 13.2 Å². The summed E-state index contributed by atoms with van der Waals surface area (Å²) in [5.74, 6) is -0.884. The molecule has 0 saturated heterocycles. The third-order valence-corrected chi connectivity index (χ3v) is 15.5. The summed E-state index contributed by atoms with van der Waals surface area (Å²) in [5.41, 5.74) is 0. The van der Waals surface area contributed by atoms with Crippen molar-refractivity contribution >= 4 is 17.9 Å². The van der Waals surface area contributed by atoms with Crippen molar-refractivity contribution in [3.63, 3.8) is 0 Å². The summed E-state index contributed by atoms with van der Waals surface area (Å²) in [7, 11) is 0. The van der Waals surface area contributed by atoms with Crippen molar-refractivity contribution in [2.45, 2.75) is 374 Å². The number of allylic oxidation sites excluding steroid dienone is 10. The third kappa shape index (κ3) is 65.8. The molecule has 1 unspecified atom stereocenters. The van der Waals surface area contributed by atoms with Crippen molar-refractivity contribution in [3.8, 4) is 0 Å². The van der Waals surface area contributed by atoms with Gasteiger partial charge < -0.3 is 14.2 Å². The molecule has 0 aliphatic heterocycles. The molecule has 0 heterocycles. The molecule has 0 fully saturated rings. The minimum Gasteiger partial charge on any atom is -0.462 e. The lowest BCUT2D eigenvalue weighted by Crippen LogP contribution is -2.30. The van der Waals surface area contributed by atoms with Crippen molar-refractivity contribution in [1.29, 1.82) is 0 Å². The maximum Gasteiger partial charge on any atom is 0.306 e. The topological polar surface area (TPSA) is 78.9 Å². The van der Waals surface area contributed by atoms with E-state index in [4.69, 9.17) is 14.2 Å². The minimum absolute atomic E-state index is 0.0797. The fourth-order valence-corrected chi connectivity index (χ4v) is 10.3. The Labute approximate surface area is 491 Å². The van der Waals surface area contributed by atoms with E-state index >= 15 is 0 Å². The molecule has 0 radical (unpaired) electrons. The number of hydrogen-bond donors (Lipinski definition) is 0. The smallest absolute Gasteiger partial charge is 0.306 e. The van der Waals surface area contributed by atoms with Gasteiger partial charge in [-0.25, -0.2) is 0 Å². The zero-order chi connectivity index (χ0) is 57.1. The SMILES string of the molecule is CC/C=C\C/C=C\C/C=C\CCCCCCCCCC(=O)OC(COC(=O)CCCCCCC/C=C\C/C=C\CCCCC)COC(=O)CCCCCCCCCCCCCCCCCCCCCCCCCCCCCCC. The maximum absolute atomic E-state index is 12.9. The van der Waals surface area contributed by atoms with E-state index in [0.29, 0.717) is 19.3 Å². The summed E-state index contributed by atoms with van der Waals surface area (Å²) in [4.78, 5) is 38.4. The van der Waals surface area contributed by atoms with Crippen LogP contribution in [0.25, 0.3) is 0 Å². The molecule has 460 valence electrons. The van der Waals surface area contributed by atoms with Crippen LogP contribution in [-0.2, 0) is 28.6 Å². The summed E-state index contributed by atoms with van der Waals surface area (Å²) >= 11 is 0. The second-order valence-electron chi connectivity index (χ2n) is 23.4. The van der Waals surface area contributed by atoms with Crippen molar-refractivity contribution < 1.29 is 28.6 Å². The second kappa shape index (κ2) is 67.6. The Balaban J connectivity index is 4.22. The van der Waals surface area contributed by atoms with Gasteiger partial charge in [0.15, 0.2) is 6.10 Å². The van der Waals surface area contributed by atoms with Crippen LogP contribution in [0.1, 0.15) is 367 Å². The van der Waals surface area contributed by atoms with Crippen LogP contribution >= 0.6 is 0 Å². The normalized spacial score (nSPS) is 12.4. The molecule has 0 aliphatic rings. The lowest BCUT2D eigenvalue weighted by Gasteiger charge is -2.18. The average molecular weight is 1110 g/mol. The molecular formula is C73H132O6. The molecule has 0 N–H and O–H groups in total. The molecule has 0 aromatic heterocycles. The van der Waals surface area contributed by atoms with Gasteiger partial charge in [0.25, 0.3) is 0 Å². The van der Waals surface area contributed by atoms with Crippen LogP contribution in [0, 0.1) is 0 Å². The Morgan fingerprint density at radius 3 is 0.797 bits per heavy atom. The Morgan fingerprint density at radius 1 is 0.266 bits per heavy atom. The van der Waals surface area contributed by atoms with Crippen LogP contribution in [0.2, 0.25) is 0 Å². The Morgan fingerprint density at radius 2 is 0.494 bits per heavy atom. The highest BCUT2D eigenvalue weighted by atomic mass is 16.6. The van der Waals surface area contributed by atoms with Crippen LogP contribution in [0.4, 0.5) is 0 Å². The number of unbranched alkanes of at least 4 members (excludes halogenated alkanes) is 43. The maximum atomic E-state index is 12.9. The molecule has 1 atom stereocenters. The predicted octanol–water partition coefficient (Wildman–Crippen LogP) is 23.9. The number of hydrogen-bond acceptors (Lipinski definition) is 6. The molecule has 79 heavy (non-hydrogen) atoms. The molecule has 0 rings (SSSR count). The van der Waals surface area contributed by atoms with Gasteiger partial charge in [0.2, 0.25) is 0 Å². The molecule has 6 heteroatoms. The lowest BCUT2D eigenvalue weighted by atomic mass is 10.0. The monoisotopic (exact) mass is 1110 g/mol. The molecule has 0 aliphatic carbocycles. The van der Waals surface area contributed by atoms with Crippen LogP contribution in [-0.4, -0.2) is 37.2 Å². The molecule has 0 aromatic carbocycles. The number of rotatable bonds is 64. The molecule has 0 bridgehead atoms. The van der Waals surface area contributed by atoms with Gasteiger partial charge in [-0.2, -0.15) is 0 Å². The van der Waals surface area contributed by atoms with E-state index in [1.165, 1.54) is 225 Å². The standard InChI is InChI=1S/C73H132O6/c1-4-7-10-13-16-19-22-25-28-30-31-32-33-34-35-36-37-38-39-40-41-43-45-48-51-54-57-60-63-66-72(75)78-69-70(68-77-71(74)65-62-59-56-53-50-47-44-27-24-21-18-15-12-9-6-3)79-73(76)67-64-61-58-55-52-49-46-42-29-26-23-20-17-14-11-8-5-2/h8,11,17-18,20-21,26-27,29,44,70H,4-7,9-10,12-16,19,22-25,28,30-43,45-69H2,1-3H3/b11-8-,20-17-,21-18-,29-26-,44-27-. The largest absolute Gasteiger partial charge is 0.462 e. The molecule has 0 spiro atoms. The predicted molar refractivity (Wildman–Crippen MR) is 344 cm³/mol. The highest BCUT2D eigenvalue weighted by Gasteiger charge is 2.19. The lowest BCUT2D eigenvalue weighted by molar-refractivity contribution is -0.167. The van der Waals surface area contributed by atoms with Gasteiger partial charge in [-0.05, 0) is 83.5 Å². The van der Waals surface area contributed by atoms with Crippen molar-refractivity contribution in [1.82, 2.24) is 0 Å². The highest BCUT2D eigenvalue weighted by molar-refractivity contribution is 5.71. The van der Waals surface area contributed by atoms with Gasteiger partial charge >= 0.3 is 17.9 Å². The number of esters is 3. The van der Waals surface area contributed by atoms with E-state index in [1.54, 1.807) is 0 Å². The Hall–Kier alpha value is -2.89. The van der Waals surface area contributed by atoms with E-state index in [-0.39, 0.29) is 31.1 Å². The summed E-state index contributed by atoms with van der Waals surface area (Å²) in [6, 6.07) is 0. The first-order valence-corrected chi connectivity index (χ1v) is 34.8. The zero-order valence-corrected chi connectivity index (χ0v) is 52.9. The van der Waals surface area contributed by atoms with Crippen LogP contribution in [0.15, 0.2) is 60.8 Å². The molecule has 0 amide bonds. The van der Waals surface area contributed by atoms with Gasteiger partial charge in [-0.1, -0.05) is 326 Å².